The van der Waals surface area contributed by atoms with Crippen LogP contribution in [-0.2, 0) is 5.41 Å². The predicted molar refractivity (Wildman–Crippen MR) is 97.6 cm³/mol. The molecule has 1 N–H and O–H groups in total. The number of hydrogen-bond donors (Lipinski definition) is 1. The Kier molecular flexibility index (Phi) is 5.29. The maximum absolute atomic E-state index is 5.52. The van der Waals surface area contributed by atoms with Crippen LogP contribution in [-0.4, -0.2) is 16.5 Å². The van der Waals surface area contributed by atoms with Gasteiger partial charge in [-0.3, -0.25) is 0 Å². The van der Waals surface area contributed by atoms with Gasteiger partial charge in [-0.1, -0.05) is 27.7 Å². The first-order valence-electron chi connectivity index (χ1n) is 6.89. The summed E-state index contributed by atoms with van der Waals surface area (Å²) in [6.45, 7) is 9.48. The molecule has 2 aromatic heterocycles. The fourth-order valence-electron chi connectivity index (χ4n) is 1.86. The fraction of sp³-hybridized carbons (Fsp3) is 0.467. The lowest BCUT2D eigenvalue weighted by atomic mass is 9.92. The summed E-state index contributed by atoms with van der Waals surface area (Å²) >= 11 is 5.80. The van der Waals surface area contributed by atoms with E-state index in [-0.39, 0.29) is 5.41 Å². The molecule has 0 bridgehead atoms. The molecule has 2 heterocycles. The minimum Gasteiger partial charge on any atom is -0.460 e. The topological polar surface area (TPSA) is 51.0 Å². The molecule has 2 rings (SSSR count). The molecule has 0 saturated carbocycles. The zero-order valence-electron chi connectivity index (χ0n) is 12.6. The van der Waals surface area contributed by atoms with Crippen LogP contribution >= 0.6 is 38.5 Å². The van der Waals surface area contributed by atoms with Crippen molar-refractivity contribution in [2.75, 3.05) is 11.9 Å². The lowest BCUT2D eigenvalue weighted by molar-refractivity contribution is 0.553. The predicted octanol–water partition coefficient (Wildman–Crippen LogP) is 5.22. The molecule has 0 aliphatic carbocycles. The van der Waals surface area contributed by atoms with Crippen molar-refractivity contribution >= 4 is 44.3 Å². The van der Waals surface area contributed by atoms with Gasteiger partial charge in [-0.2, -0.15) is 0 Å². The van der Waals surface area contributed by atoms with E-state index in [4.69, 9.17) is 9.40 Å². The van der Waals surface area contributed by atoms with E-state index >= 15 is 0 Å². The number of furan rings is 1. The van der Waals surface area contributed by atoms with Crippen molar-refractivity contribution in [3.05, 3.63) is 26.1 Å². The smallest absolute Gasteiger partial charge is 0.199 e. The third-order valence-corrected chi connectivity index (χ3v) is 4.57. The molecule has 0 saturated heterocycles. The molecule has 0 spiro atoms. The largest absolute Gasteiger partial charge is 0.460 e. The van der Waals surface area contributed by atoms with E-state index in [1.165, 1.54) is 0 Å². The third-order valence-electron chi connectivity index (χ3n) is 2.92. The molecule has 2 aromatic rings. The lowest BCUT2D eigenvalue weighted by Crippen LogP contribution is -2.19. The Balaban J connectivity index is 2.59. The summed E-state index contributed by atoms with van der Waals surface area (Å²) < 4.78 is 7.45. The molecule has 0 aliphatic rings. The van der Waals surface area contributed by atoms with Gasteiger partial charge >= 0.3 is 0 Å². The summed E-state index contributed by atoms with van der Waals surface area (Å²) in [6, 6.07) is 1.85. The summed E-state index contributed by atoms with van der Waals surface area (Å²) in [5.74, 6) is 2.14. The average Bonchev–Trinajstić information content (AvgIpc) is 2.82. The van der Waals surface area contributed by atoms with Crippen LogP contribution in [0.4, 0.5) is 5.82 Å². The molecule has 0 aromatic carbocycles. The molecule has 21 heavy (non-hydrogen) atoms. The van der Waals surface area contributed by atoms with Gasteiger partial charge in [0.15, 0.2) is 11.6 Å². The second-order valence-electron chi connectivity index (χ2n) is 5.83. The number of halogens is 2. The maximum Gasteiger partial charge on any atom is 0.199 e. The summed E-state index contributed by atoms with van der Waals surface area (Å²) in [5.41, 5.74) is 0.964. The second-order valence-corrected chi connectivity index (χ2v) is 7.77. The van der Waals surface area contributed by atoms with Crippen LogP contribution in [0.1, 0.15) is 39.8 Å². The fourth-order valence-corrected chi connectivity index (χ4v) is 3.48. The number of anilines is 1. The minimum atomic E-state index is -0.0596. The van der Waals surface area contributed by atoms with Crippen molar-refractivity contribution < 1.29 is 4.42 Å². The van der Waals surface area contributed by atoms with Crippen molar-refractivity contribution in [2.24, 2.45) is 0 Å². The Labute approximate surface area is 147 Å². The molecule has 0 radical (unpaired) electrons. The van der Waals surface area contributed by atoms with Crippen molar-refractivity contribution in [3.63, 3.8) is 0 Å². The van der Waals surface area contributed by atoms with Crippen LogP contribution in [0, 0.1) is 3.57 Å². The summed E-state index contributed by atoms with van der Waals surface area (Å²) in [7, 11) is 0. The first kappa shape index (κ1) is 16.7. The molecule has 0 unspecified atom stereocenters. The Hall–Kier alpha value is -0.630. The van der Waals surface area contributed by atoms with Gasteiger partial charge in [-0.25, -0.2) is 9.97 Å². The monoisotopic (exact) mass is 463 g/mol. The van der Waals surface area contributed by atoms with E-state index in [1.54, 1.807) is 6.26 Å². The van der Waals surface area contributed by atoms with E-state index < -0.39 is 0 Å². The summed E-state index contributed by atoms with van der Waals surface area (Å²) in [5, 5.41) is 3.38. The van der Waals surface area contributed by atoms with E-state index in [0.29, 0.717) is 11.6 Å². The Bertz CT molecular complexity index is 634. The molecule has 6 heteroatoms. The first-order chi connectivity index (χ1) is 9.84. The Morgan fingerprint density at radius 3 is 2.57 bits per heavy atom. The van der Waals surface area contributed by atoms with Crippen LogP contribution in [0.15, 0.2) is 21.2 Å². The summed E-state index contributed by atoms with van der Waals surface area (Å²) in [6.07, 6.45) is 2.68. The van der Waals surface area contributed by atoms with Crippen molar-refractivity contribution in [1.29, 1.82) is 0 Å². The highest BCUT2D eigenvalue weighted by Crippen LogP contribution is 2.34. The highest BCUT2D eigenvalue weighted by molar-refractivity contribution is 14.1. The normalized spacial score (nSPS) is 11.7. The van der Waals surface area contributed by atoms with Crippen LogP contribution in [0.3, 0.4) is 0 Å². The van der Waals surface area contributed by atoms with Gasteiger partial charge in [-0.05, 0) is 51.0 Å². The van der Waals surface area contributed by atoms with Gasteiger partial charge in [0.2, 0.25) is 0 Å². The van der Waals surface area contributed by atoms with Gasteiger partial charge in [0, 0.05) is 12.0 Å². The van der Waals surface area contributed by atoms with Gasteiger partial charge < -0.3 is 9.73 Å². The number of nitrogens with zero attached hydrogens (tertiary/aromatic N) is 2. The molecular formula is C15H19BrIN3O. The number of rotatable bonds is 4. The number of aromatic nitrogens is 2. The molecule has 0 atom stereocenters. The van der Waals surface area contributed by atoms with Crippen molar-refractivity contribution in [2.45, 2.75) is 39.5 Å². The molecule has 114 valence electrons. The molecule has 4 nitrogen and oxygen atoms in total. The number of hydrogen-bond acceptors (Lipinski definition) is 4. The highest BCUT2D eigenvalue weighted by Gasteiger charge is 2.24. The van der Waals surface area contributed by atoms with Crippen molar-refractivity contribution in [3.8, 4) is 11.6 Å². The lowest BCUT2D eigenvalue weighted by Gasteiger charge is -2.22. The van der Waals surface area contributed by atoms with Gasteiger partial charge in [0.25, 0.3) is 0 Å². The first-order valence-corrected chi connectivity index (χ1v) is 8.77. The zero-order chi connectivity index (χ0) is 15.6. The van der Waals surface area contributed by atoms with Crippen LogP contribution in [0.25, 0.3) is 11.6 Å². The van der Waals surface area contributed by atoms with Crippen LogP contribution in [0.2, 0.25) is 0 Å². The minimum absolute atomic E-state index is 0.0596. The van der Waals surface area contributed by atoms with Gasteiger partial charge in [-0.15, -0.1) is 0 Å². The van der Waals surface area contributed by atoms with Crippen LogP contribution < -0.4 is 5.32 Å². The van der Waals surface area contributed by atoms with E-state index in [1.807, 2.05) is 6.07 Å². The maximum atomic E-state index is 5.52. The second kappa shape index (κ2) is 6.64. The zero-order valence-corrected chi connectivity index (χ0v) is 16.4. The number of nitrogens with one attached hydrogen (secondary N) is 1. The van der Waals surface area contributed by atoms with Gasteiger partial charge in [0.1, 0.15) is 5.82 Å². The Morgan fingerprint density at radius 1 is 1.33 bits per heavy atom. The molecule has 0 amide bonds. The van der Waals surface area contributed by atoms with Crippen LogP contribution in [0.5, 0.6) is 0 Å². The standard InChI is InChI=1S/C15H19BrIN3O/c1-5-7-18-13-10(17)12(15(2,3)4)19-14(20-13)11-9(16)6-8-21-11/h6,8H,5,7H2,1-4H3,(H,18,19,20). The summed E-state index contributed by atoms with van der Waals surface area (Å²) in [4.78, 5) is 9.37. The quantitative estimate of drug-likeness (QED) is 0.631. The molecular weight excluding hydrogens is 445 g/mol. The molecule has 0 aliphatic heterocycles. The SMILES string of the molecule is CCCNc1nc(-c2occc2Br)nc(C(C)(C)C)c1I. The third kappa shape index (κ3) is 3.77. The van der Waals surface area contributed by atoms with E-state index in [2.05, 4.69) is 76.5 Å². The van der Waals surface area contributed by atoms with E-state index in [9.17, 15) is 0 Å². The van der Waals surface area contributed by atoms with E-state index in [0.717, 1.165) is 32.5 Å². The molecule has 0 fully saturated rings. The Morgan fingerprint density at radius 2 is 2.05 bits per heavy atom. The van der Waals surface area contributed by atoms with Gasteiger partial charge in [0.05, 0.1) is 20.0 Å². The average molecular weight is 464 g/mol. The van der Waals surface area contributed by atoms with Crippen molar-refractivity contribution in [1.82, 2.24) is 9.97 Å². The highest BCUT2D eigenvalue weighted by atomic mass is 127.